The molecule has 2 unspecified atom stereocenters. The first-order valence-electron chi connectivity index (χ1n) is 5.29. The van der Waals surface area contributed by atoms with Crippen LogP contribution < -0.4 is 5.73 Å². The van der Waals surface area contributed by atoms with E-state index in [1.165, 1.54) is 0 Å². The molecule has 1 fully saturated rings. The zero-order valence-corrected chi connectivity index (χ0v) is 10.3. The fourth-order valence-electron chi connectivity index (χ4n) is 1.49. The number of hydrogen-bond acceptors (Lipinski definition) is 3. The molecule has 1 saturated heterocycles. The molecule has 1 amide bonds. The van der Waals surface area contributed by atoms with Gasteiger partial charge in [0.1, 0.15) is 0 Å². The van der Waals surface area contributed by atoms with Crippen LogP contribution in [0.15, 0.2) is 0 Å². The number of halogens is 1. The lowest BCUT2D eigenvalue weighted by Gasteiger charge is -2.30. The second-order valence-electron chi connectivity index (χ2n) is 3.85. The Kier molecular flexibility index (Phi) is 6.89. The molecule has 0 saturated carbocycles. The van der Waals surface area contributed by atoms with Gasteiger partial charge in [0.25, 0.3) is 0 Å². The molecule has 15 heavy (non-hydrogen) atoms. The fraction of sp³-hybridized carbons (Fsp3) is 0.900. The van der Waals surface area contributed by atoms with Gasteiger partial charge in [-0.1, -0.05) is 20.3 Å². The number of morpholine rings is 1. The molecular formula is C10H21ClN2O2. The van der Waals surface area contributed by atoms with Crippen molar-refractivity contribution in [3.05, 3.63) is 0 Å². The SMILES string of the molecule is CCC(C)C(N)C(=O)N1CCOCC1.Cl. The van der Waals surface area contributed by atoms with Crippen molar-refractivity contribution in [2.24, 2.45) is 11.7 Å². The monoisotopic (exact) mass is 236 g/mol. The normalized spacial score (nSPS) is 20.3. The van der Waals surface area contributed by atoms with E-state index in [0.717, 1.165) is 6.42 Å². The van der Waals surface area contributed by atoms with Gasteiger partial charge in [0.15, 0.2) is 0 Å². The Hall–Kier alpha value is -0.320. The van der Waals surface area contributed by atoms with Gasteiger partial charge in [-0.05, 0) is 5.92 Å². The molecule has 0 aromatic heterocycles. The Morgan fingerprint density at radius 2 is 2.00 bits per heavy atom. The summed E-state index contributed by atoms with van der Waals surface area (Å²) >= 11 is 0. The maximum Gasteiger partial charge on any atom is 0.239 e. The molecule has 5 heteroatoms. The number of hydrogen-bond donors (Lipinski definition) is 1. The average molecular weight is 237 g/mol. The van der Waals surface area contributed by atoms with Crippen LogP contribution in [0.25, 0.3) is 0 Å². The zero-order valence-electron chi connectivity index (χ0n) is 9.44. The lowest BCUT2D eigenvalue weighted by molar-refractivity contribution is -0.137. The minimum Gasteiger partial charge on any atom is -0.378 e. The van der Waals surface area contributed by atoms with Crippen LogP contribution in [0.2, 0.25) is 0 Å². The molecule has 4 nitrogen and oxygen atoms in total. The van der Waals surface area contributed by atoms with Crippen molar-refractivity contribution in [3.8, 4) is 0 Å². The van der Waals surface area contributed by atoms with E-state index in [2.05, 4.69) is 6.92 Å². The van der Waals surface area contributed by atoms with Crippen LogP contribution >= 0.6 is 12.4 Å². The van der Waals surface area contributed by atoms with Crippen molar-refractivity contribution in [2.75, 3.05) is 26.3 Å². The van der Waals surface area contributed by atoms with Gasteiger partial charge in [0, 0.05) is 13.1 Å². The highest BCUT2D eigenvalue weighted by molar-refractivity contribution is 5.85. The molecule has 2 N–H and O–H groups in total. The van der Waals surface area contributed by atoms with Crippen LogP contribution in [-0.2, 0) is 9.53 Å². The van der Waals surface area contributed by atoms with E-state index in [-0.39, 0.29) is 30.3 Å². The molecule has 1 aliphatic heterocycles. The predicted molar refractivity (Wildman–Crippen MR) is 62.1 cm³/mol. The number of nitrogens with zero attached hydrogens (tertiary/aromatic N) is 1. The summed E-state index contributed by atoms with van der Waals surface area (Å²) in [6, 6.07) is -0.349. The van der Waals surface area contributed by atoms with E-state index in [4.69, 9.17) is 10.5 Å². The summed E-state index contributed by atoms with van der Waals surface area (Å²) in [7, 11) is 0. The standard InChI is InChI=1S/C10H20N2O2.ClH/c1-3-8(2)9(11)10(13)12-4-6-14-7-5-12;/h8-9H,3-7,11H2,1-2H3;1H. The molecule has 0 spiro atoms. The minimum atomic E-state index is -0.349. The van der Waals surface area contributed by atoms with Gasteiger partial charge >= 0.3 is 0 Å². The molecule has 90 valence electrons. The van der Waals surface area contributed by atoms with Gasteiger partial charge in [0.2, 0.25) is 5.91 Å². The van der Waals surface area contributed by atoms with E-state index in [9.17, 15) is 4.79 Å². The molecule has 1 aliphatic rings. The Labute approximate surface area is 97.5 Å². The molecule has 1 heterocycles. The highest BCUT2D eigenvalue weighted by atomic mass is 35.5. The first-order valence-corrected chi connectivity index (χ1v) is 5.29. The van der Waals surface area contributed by atoms with Crippen LogP contribution in [-0.4, -0.2) is 43.2 Å². The molecule has 0 bridgehead atoms. The fourth-order valence-corrected chi connectivity index (χ4v) is 1.49. The molecule has 0 aromatic rings. The Balaban J connectivity index is 0.00000196. The Morgan fingerprint density at radius 1 is 1.47 bits per heavy atom. The zero-order chi connectivity index (χ0) is 10.6. The third-order valence-electron chi connectivity index (χ3n) is 2.86. The van der Waals surface area contributed by atoms with Gasteiger partial charge in [-0.3, -0.25) is 4.79 Å². The van der Waals surface area contributed by atoms with Crippen molar-refractivity contribution in [1.29, 1.82) is 0 Å². The molecule has 0 aromatic carbocycles. The van der Waals surface area contributed by atoms with Crippen LogP contribution in [0.1, 0.15) is 20.3 Å². The van der Waals surface area contributed by atoms with E-state index in [1.54, 1.807) is 4.90 Å². The number of carbonyl (C=O) groups excluding carboxylic acids is 1. The van der Waals surface area contributed by atoms with Crippen LogP contribution in [0, 0.1) is 5.92 Å². The molecule has 1 rings (SSSR count). The maximum atomic E-state index is 11.8. The summed E-state index contributed by atoms with van der Waals surface area (Å²) < 4.78 is 5.18. The molecule has 0 aliphatic carbocycles. The van der Waals surface area contributed by atoms with E-state index >= 15 is 0 Å². The van der Waals surface area contributed by atoms with Crippen molar-refractivity contribution in [2.45, 2.75) is 26.3 Å². The second kappa shape index (κ2) is 7.04. The largest absolute Gasteiger partial charge is 0.378 e. The summed E-state index contributed by atoms with van der Waals surface area (Å²) in [5.41, 5.74) is 5.87. The minimum absolute atomic E-state index is 0. The van der Waals surface area contributed by atoms with Gasteiger partial charge in [-0.25, -0.2) is 0 Å². The summed E-state index contributed by atoms with van der Waals surface area (Å²) in [5.74, 6) is 0.327. The highest BCUT2D eigenvalue weighted by Crippen LogP contribution is 2.09. The first-order chi connectivity index (χ1) is 6.66. The number of nitrogens with two attached hydrogens (primary N) is 1. The smallest absolute Gasteiger partial charge is 0.239 e. The molecular weight excluding hydrogens is 216 g/mol. The van der Waals surface area contributed by atoms with Crippen molar-refractivity contribution < 1.29 is 9.53 Å². The second-order valence-corrected chi connectivity index (χ2v) is 3.85. The number of ether oxygens (including phenoxy) is 1. The number of amides is 1. The topological polar surface area (TPSA) is 55.6 Å². The van der Waals surface area contributed by atoms with Gasteiger partial charge in [-0.15, -0.1) is 12.4 Å². The third-order valence-corrected chi connectivity index (χ3v) is 2.86. The van der Waals surface area contributed by atoms with Gasteiger partial charge < -0.3 is 15.4 Å². The van der Waals surface area contributed by atoms with Gasteiger partial charge in [-0.2, -0.15) is 0 Å². The summed E-state index contributed by atoms with van der Waals surface area (Å²) in [6.45, 7) is 6.71. The van der Waals surface area contributed by atoms with Crippen LogP contribution in [0.3, 0.4) is 0 Å². The number of carbonyl (C=O) groups is 1. The number of rotatable bonds is 3. The van der Waals surface area contributed by atoms with E-state index in [0.29, 0.717) is 26.3 Å². The van der Waals surface area contributed by atoms with Crippen molar-refractivity contribution in [1.82, 2.24) is 4.90 Å². The van der Waals surface area contributed by atoms with E-state index < -0.39 is 0 Å². The summed E-state index contributed by atoms with van der Waals surface area (Å²) in [4.78, 5) is 13.6. The maximum absolute atomic E-state index is 11.8. The van der Waals surface area contributed by atoms with Gasteiger partial charge in [0.05, 0.1) is 19.3 Å². The highest BCUT2D eigenvalue weighted by Gasteiger charge is 2.25. The quantitative estimate of drug-likeness (QED) is 0.783. The average Bonchev–Trinajstić information content (AvgIpc) is 2.27. The molecule has 2 atom stereocenters. The summed E-state index contributed by atoms with van der Waals surface area (Å²) in [6.07, 6.45) is 0.942. The predicted octanol–water partition coefficient (Wildman–Crippen LogP) is 0.640. The Bertz CT molecular complexity index is 192. The van der Waals surface area contributed by atoms with Crippen LogP contribution in [0.4, 0.5) is 0 Å². The third kappa shape index (κ3) is 3.97. The first kappa shape index (κ1) is 14.7. The van der Waals surface area contributed by atoms with E-state index in [1.807, 2.05) is 6.92 Å². The van der Waals surface area contributed by atoms with Crippen molar-refractivity contribution >= 4 is 18.3 Å². The Morgan fingerprint density at radius 3 is 2.47 bits per heavy atom. The molecule has 0 radical (unpaired) electrons. The summed E-state index contributed by atoms with van der Waals surface area (Å²) in [5, 5.41) is 0. The lowest BCUT2D eigenvalue weighted by atomic mass is 9.99. The van der Waals surface area contributed by atoms with Crippen LogP contribution in [0.5, 0.6) is 0 Å². The lowest BCUT2D eigenvalue weighted by Crippen LogP contribution is -2.50. The van der Waals surface area contributed by atoms with Crippen molar-refractivity contribution in [3.63, 3.8) is 0 Å².